The van der Waals surface area contributed by atoms with Crippen molar-refractivity contribution < 1.29 is 14.7 Å². The summed E-state index contributed by atoms with van der Waals surface area (Å²) in [7, 11) is 0. The van der Waals surface area contributed by atoms with Crippen LogP contribution in [0.25, 0.3) is 0 Å². The number of hydrogen-bond donors (Lipinski definition) is 2. The number of carbonyl (C=O) groups is 2. The molecule has 4 nitrogen and oxygen atoms in total. The molecule has 86 valence electrons. The summed E-state index contributed by atoms with van der Waals surface area (Å²) in [6, 6.07) is 4.74. The third kappa shape index (κ3) is 3.75. The first-order valence-electron chi connectivity index (χ1n) is 4.38. The van der Waals surface area contributed by atoms with Crippen molar-refractivity contribution in [2.45, 2.75) is 5.75 Å². The van der Waals surface area contributed by atoms with Crippen LogP contribution in [0.4, 0.5) is 0 Å². The summed E-state index contributed by atoms with van der Waals surface area (Å²) < 4.78 is 0. The predicted molar refractivity (Wildman–Crippen MR) is 63.8 cm³/mol. The second-order valence-electron chi connectivity index (χ2n) is 3.06. The van der Waals surface area contributed by atoms with E-state index in [1.54, 1.807) is 12.1 Å². The number of nitrogens with two attached hydrogens (primary N) is 1. The molecule has 0 aliphatic rings. The van der Waals surface area contributed by atoms with Crippen LogP contribution in [0.3, 0.4) is 0 Å². The smallest absolute Gasteiger partial charge is 0.313 e. The Morgan fingerprint density at radius 3 is 2.62 bits per heavy atom. The SMILES string of the molecule is NC(=O)c1ccc(CSCC(=O)O)c(Cl)c1. The minimum atomic E-state index is -0.866. The Bertz CT molecular complexity index is 423. The van der Waals surface area contributed by atoms with Crippen molar-refractivity contribution in [2.75, 3.05) is 5.75 Å². The molecule has 1 aromatic carbocycles. The van der Waals surface area contributed by atoms with Gasteiger partial charge in [-0.3, -0.25) is 9.59 Å². The van der Waals surface area contributed by atoms with Gasteiger partial charge in [-0.25, -0.2) is 0 Å². The largest absolute Gasteiger partial charge is 0.481 e. The van der Waals surface area contributed by atoms with Gasteiger partial charge in [0.05, 0.1) is 5.75 Å². The van der Waals surface area contributed by atoms with Crippen molar-refractivity contribution in [2.24, 2.45) is 5.73 Å². The number of carboxylic acids is 1. The van der Waals surface area contributed by atoms with E-state index in [0.29, 0.717) is 16.3 Å². The van der Waals surface area contributed by atoms with Gasteiger partial charge in [-0.2, -0.15) is 0 Å². The van der Waals surface area contributed by atoms with Crippen molar-refractivity contribution in [1.82, 2.24) is 0 Å². The monoisotopic (exact) mass is 259 g/mol. The van der Waals surface area contributed by atoms with E-state index < -0.39 is 11.9 Å². The number of aliphatic carboxylic acids is 1. The summed E-state index contributed by atoms with van der Waals surface area (Å²) in [5.74, 6) is -0.889. The van der Waals surface area contributed by atoms with Crippen molar-refractivity contribution in [3.8, 4) is 0 Å². The Morgan fingerprint density at radius 2 is 2.12 bits per heavy atom. The molecule has 0 spiro atoms. The van der Waals surface area contributed by atoms with Gasteiger partial charge < -0.3 is 10.8 Å². The number of amides is 1. The molecule has 0 saturated heterocycles. The van der Waals surface area contributed by atoms with Gasteiger partial charge in [-0.05, 0) is 17.7 Å². The van der Waals surface area contributed by atoms with Crippen LogP contribution in [0.2, 0.25) is 5.02 Å². The Kier molecular flexibility index (Phi) is 4.64. The van der Waals surface area contributed by atoms with Gasteiger partial charge in [-0.15, -0.1) is 11.8 Å². The maximum atomic E-state index is 10.8. The summed E-state index contributed by atoms with van der Waals surface area (Å²) in [4.78, 5) is 21.2. The fourth-order valence-electron chi connectivity index (χ4n) is 1.07. The first-order chi connectivity index (χ1) is 7.50. The van der Waals surface area contributed by atoms with E-state index in [0.717, 1.165) is 5.56 Å². The number of carbonyl (C=O) groups excluding carboxylic acids is 1. The Morgan fingerprint density at radius 1 is 1.44 bits per heavy atom. The van der Waals surface area contributed by atoms with Gasteiger partial charge in [0.15, 0.2) is 0 Å². The lowest BCUT2D eigenvalue weighted by Crippen LogP contribution is -2.10. The second kappa shape index (κ2) is 5.77. The Hall–Kier alpha value is -1.20. The Balaban J connectivity index is 2.68. The van der Waals surface area contributed by atoms with Crippen molar-refractivity contribution >= 4 is 35.2 Å². The van der Waals surface area contributed by atoms with Gasteiger partial charge in [-0.1, -0.05) is 17.7 Å². The predicted octanol–water partition coefficient (Wildman–Crippen LogP) is 1.76. The lowest BCUT2D eigenvalue weighted by atomic mass is 10.1. The summed E-state index contributed by atoms with van der Waals surface area (Å²) in [5.41, 5.74) is 6.23. The molecule has 0 unspecified atom stereocenters. The third-order valence-electron chi connectivity index (χ3n) is 1.82. The van der Waals surface area contributed by atoms with Crippen LogP contribution in [-0.2, 0) is 10.5 Å². The van der Waals surface area contributed by atoms with Gasteiger partial charge >= 0.3 is 5.97 Å². The number of primary amides is 1. The van der Waals surface area contributed by atoms with Crippen LogP contribution in [0.5, 0.6) is 0 Å². The molecular formula is C10H10ClNO3S. The van der Waals surface area contributed by atoms with Gasteiger partial charge in [0, 0.05) is 16.3 Å². The van der Waals surface area contributed by atoms with Gasteiger partial charge in [0.2, 0.25) is 5.91 Å². The highest BCUT2D eigenvalue weighted by atomic mass is 35.5. The van der Waals surface area contributed by atoms with E-state index in [1.807, 2.05) is 0 Å². The maximum Gasteiger partial charge on any atom is 0.313 e. The van der Waals surface area contributed by atoms with Crippen molar-refractivity contribution in [3.05, 3.63) is 34.3 Å². The molecule has 0 bridgehead atoms. The number of rotatable bonds is 5. The lowest BCUT2D eigenvalue weighted by molar-refractivity contribution is -0.133. The van der Waals surface area contributed by atoms with E-state index >= 15 is 0 Å². The molecule has 1 amide bonds. The van der Waals surface area contributed by atoms with Crippen LogP contribution < -0.4 is 5.73 Å². The van der Waals surface area contributed by atoms with Crippen LogP contribution in [-0.4, -0.2) is 22.7 Å². The summed E-state index contributed by atoms with van der Waals surface area (Å²) >= 11 is 7.16. The molecule has 6 heteroatoms. The quantitative estimate of drug-likeness (QED) is 0.844. The molecule has 0 heterocycles. The highest BCUT2D eigenvalue weighted by Crippen LogP contribution is 2.22. The zero-order chi connectivity index (χ0) is 12.1. The average molecular weight is 260 g/mol. The van der Waals surface area contributed by atoms with E-state index in [2.05, 4.69) is 0 Å². The van der Waals surface area contributed by atoms with Crippen molar-refractivity contribution in [3.63, 3.8) is 0 Å². The topological polar surface area (TPSA) is 80.4 Å². The molecule has 0 fully saturated rings. The summed E-state index contributed by atoms with van der Waals surface area (Å²) in [5, 5.41) is 8.89. The molecule has 16 heavy (non-hydrogen) atoms. The minimum absolute atomic E-state index is 0.0217. The van der Waals surface area contributed by atoms with E-state index in [9.17, 15) is 9.59 Å². The molecule has 1 aromatic rings. The molecule has 1 rings (SSSR count). The zero-order valence-corrected chi connectivity index (χ0v) is 9.85. The summed E-state index contributed by atoms with van der Waals surface area (Å²) in [6.45, 7) is 0. The van der Waals surface area contributed by atoms with E-state index in [4.69, 9.17) is 22.4 Å². The van der Waals surface area contributed by atoms with Crippen LogP contribution >= 0.6 is 23.4 Å². The van der Waals surface area contributed by atoms with Crippen LogP contribution in [0.1, 0.15) is 15.9 Å². The number of thioether (sulfide) groups is 1. The normalized spacial score (nSPS) is 10.1. The number of halogens is 1. The summed E-state index contributed by atoms with van der Waals surface area (Å²) in [6.07, 6.45) is 0. The van der Waals surface area contributed by atoms with E-state index in [1.165, 1.54) is 17.8 Å². The number of benzene rings is 1. The molecular weight excluding hydrogens is 250 g/mol. The molecule has 0 aliphatic carbocycles. The van der Waals surface area contributed by atoms with Crippen molar-refractivity contribution in [1.29, 1.82) is 0 Å². The third-order valence-corrected chi connectivity index (χ3v) is 3.14. The van der Waals surface area contributed by atoms with Gasteiger partial charge in [0.25, 0.3) is 0 Å². The maximum absolute atomic E-state index is 10.8. The average Bonchev–Trinajstić information content (AvgIpc) is 2.19. The second-order valence-corrected chi connectivity index (χ2v) is 4.45. The van der Waals surface area contributed by atoms with Crippen LogP contribution in [0, 0.1) is 0 Å². The first-order valence-corrected chi connectivity index (χ1v) is 5.91. The Labute approximate surface area is 102 Å². The molecule has 0 atom stereocenters. The standard InChI is InChI=1S/C10H10ClNO3S/c11-8-3-6(10(12)15)1-2-7(8)4-16-5-9(13)14/h1-3H,4-5H2,(H2,12,15)(H,13,14). The fraction of sp³-hybridized carbons (Fsp3) is 0.200. The molecule has 0 radical (unpaired) electrons. The molecule has 0 aromatic heterocycles. The number of hydrogen-bond acceptors (Lipinski definition) is 3. The first kappa shape index (κ1) is 12.9. The van der Waals surface area contributed by atoms with Crippen LogP contribution in [0.15, 0.2) is 18.2 Å². The molecule has 0 saturated carbocycles. The number of carboxylic acid groups (broad SMARTS) is 1. The van der Waals surface area contributed by atoms with Gasteiger partial charge in [0.1, 0.15) is 0 Å². The fourth-order valence-corrected chi connectivity index (χ4v) is 2.14. The highest BCUT2D eigenvalue weighted by Gasteiger charge is 2.06. The molecule has 0 aliphatic heterocycles. The minimum Gasteiger partial charge on any atom is -0.481 e. The molecule has 3 N–H and O–H groups in total. The lowest BCUT2D eigenvalue weighted by Gasteiger charge is -2.04. The zero-order valence-electron chi connectivity index (χ0n) is 8.27. The highest BCUT2D eigenvalue weighted by molar-refractivity contribution is 7.99. The van der Waals surface area contributed by atoms with E-state index in [-0.39, 0.29) is 5.75 Å².